The summed E-state index contributed by atoms with van der Waals surface area (Å²) >= 11 is 7.52. The van der Waals surface area contributed by atoms with Gasteiger partial charge in [-0.05, 0) is 49.8 Å². The van der Waals surface area contributed by atoms with Crippen LogP contribution in [0.4, 0.5) is 17.2 Å². The van der Waals surface area contributed by atoms with Crippen molar-refractivity contribution in [1.29, 1.82) is 0 Å². The van der Waals surface area contributed by atoms with Crippen LogP contribution in [0.1, 0.15) is 61.0 Å². The van der Waals surface area contributed by atoms with Crippen molar-refractivity contribution in [2.75, 3.05) is 16.9 Å². The molecule has 1 aliphatic heterocycles. The predicted octanol–water partition coefficient (Wildman–Crippen LogP) is 6.16. The number of nitrogens with one attached hydrogen (secondary N) is 3. The highest BCUT2D eigenvalue weighted by atomic mass is 35.5. The Bertz CT molecular complexity index is 1500. The Balaban J connectivity index is 1.58. The van der Waals surface area contributed by atoms with Gasteiger partial charge in [-0.3, -0.25) is 19.7 Å². The summed E-state index contributed by atoms with van der Waals surface area (Å²) in [6, 6.07) is 12.4. The van der Waals surface area contributed by atoms with Gasteiger partial charge in [0.2, 0.25) is 0 Å². The number of anilines is 2. The van der Waals surface area contributed by atoms with E-state index in [-0.39, 0.29) is 23.3 Å². The van der Waals surface area contributed by atoms with E-state index >= 15 is 0 Å². The predicted molar refractivity (Wildman–Crippen MR) is 156 cm³/mol. The molecule has 40 heavy (non-hydrogen) atoms. The molecule has 3 aromatic rings. The minimum atomic E-state index is -0.724. The van der Waals surface area contributed by atoms with Gasteiger partial charge >= 0.3 is 0 Å². The first-order chi connectivity index (χ1) is 19.3. The molecular formula is C28H29ClN6O4S. The molecule has 1 fully saturated rings. The number of allylic oxidation sites excluding steroid dienone is 1. The van der Waals surface area contributed by atoms with E-state index in [9.17, 15) is 19.7 Å². The lowest BCUT2D eigenvalue weighted by molar-refractivity contribution is -0.383. The van der Waals surface area contributed by atoms with Gasteiger partial charge in [0.25, 0.3) is 17.5 Å². The van der Waals surface area contributed by atoms with Crippen LogP contribution < -0.4 is 16.0 Å². The Morgan fingerprint density at radius 2 is 1.80 bits per heavy atom. The summed E-state index contributed by atoms with van der Waals surface area (Å²) in [5.74, 6) is -0.253. The standard InChI is InChI=1S/C28H29ClN6O4S/c1-16-22(26(36)32-20-10-6-7-11-21(20)35(38)39)24(17-12-14-18(29)15-13-17)34-25(30-16)23(28(33-34)40-2)27(37)31-19-8-4-3-5-9-19/h6-7,10-15,19,24,30H,3-5,8-9H2,1-2H3,(H,31,37)(H,32,36). The number of nitro groups is 1. The average molecular weight is 581 g/mol. The van der Waals surface area contributed by atoms with E-state index in [0.717, 1.165) is 25.7 Å². The maximum atomic E-state index is 13.8. The summed E-state index contributed by atoms with van der Waals surface area (Å²) in [6.07, 6.45) is 7.09. The second-order valence-corrected chi connectivity index (χ2v) is 11.1. The lowest BCUT2D eigenvalue weighted by Gasteiger charge is -2.30. The molecule has 208 valence electrons. The molecule has 1 unspecified atom stereocenters. The van der Waals surface area contributed by atoms with E-state index < -0.39 is 16.9 Å². The Hall–Kier alpha value is -3.83. The zero-order valence-electron chi connectivity index (χ0n) is 22.1. The molecule has 2 amide bonds. The van der Waals surface area contributed by atoms with Crippen molar-refractivity contribution >= 4 is 52.4 Å². The van der Waals surface area contributed by atoms with Gasteiger partial charge in [0.1, 0.15) is 28.1 Å². The number of halogens is 1. The highest BCUT2D eigenvalue weighted by Crippen LogP contribution is 2.41. The largest absolute Gasteiger partial charge is 0.349 e. The van der Waals surface area contributed by atoms with Crippen LogP contribution in [-0.4, -0.2) is 38.8 Å². The van der Waals surface area contributed by atoms with E-state index in [4.69, 9.17) is 16.7 Å². The number of thioether (sulfide) groups is 1. The minimum absolute atomic E-state index is 0.0799. The maximum absolute atomic E-state index is 13.8. The van der Waals surface area contributed by atoms with Gasteiger partial charge in [-0.25, -0.2) is 4.68 Å². The van der Waals surface area contributed by atoms with Crippen LogP contribution in [0.15, 0.2) is 64.8 Å². The molecule has 0 radical (unpaired) electrons. The molecule has 0 spiro atoms. The van der Waals surface area contributed by atoms with E-state index in [1.807, 2.05) is 6.26 Å². The molecule has 2 aromatic carbocycles. The third kappa shape index (κ3) is 5.44. The van der Waals surface area contributed by atoms with Gasteiger partial charge in [-0.2, -0.15) is 5.10 Å². The lowest BCUT2D eigenvalue weighted by atomic mass is 9.94. The summed E-state index contributed by atoms with van der Waals surface area (Å²) in [7, 11) is 0. The van der Waals surface area contributed by atoms with Crippen LogP contribution in [0, 0.1) is 10.1 Å². The van der Waals surface area contributed by atoms with E-state index in [1.54, 1.807) is 41.9 Å². The Kier molecular flexibility index (Phi) is 8.13. The molecule has 1 atom stereocenters. The number of carbonyl (C=O) groups excluding carboxylic acids is 2. The molecule has 3 N–H and O–H groups in total. The number of aromatic nitrogens is 2. The number of carbonyl (C=O) groups is 2. The van der Waals surface area contributed by atoms with Crippen LogP contribution in [-0.2, 0) is 4.79 Å². The molecule has 12 heteroatoms. The fourth-order valence-electron chi connectivity index (χ4n) is 5.32. The number of hydrogen-bond donors (Lipinski definition) is 3. The monoisotopic (exact) mass is 580 g/mol. The Morgan fingerprint density at radius 1 is 1.10 bits per heavy atom. The first-order valence-corrected chi connectivity index (χ1v) is 14.6. The summed E-state index contributed by atoms with van der Waals surface area (Å²) in [4.78, 5) is 38.4. The molecule has 2 heterocycles. The first-order valence-electron chi connectivity index (χ1n) is 13.0. The van der Waals surface area contributed by atoms with Gasteiger partial charge < -0.3 is 16.0 Å². The van der Waals surface area contributed by atoms with Crippen molar-refractivity contribution in [2.24, 2.45) is 0 Å². The van der Waals surface area contributed by atoms with Crippen LogP contribution in [0.5, 0.6) is 0 Å². The van der Waals surface area contributed by atoms with E-state index in [1.165, 1.54) is 36.4 Å². The molecule has 5 rings (SSSR count). The summed E-state index contributed by atoms with van der Waals surface area (Å²) in [5.41, 5.74) is 1.82. The molecule has 2 aliphatic rings. The number of rotatable bonds is 7. The van der Waals surface area contributed by atoms with Gasteiger partial charge in [0.15, 0.2) is 0 Å². The van der Waals surface area contributed by atoms with Crippen molar-refractivity contribution in [2.45, 2.75) is 56.1 Å². The summed E-state index contributed by atoms with van der Waals surface area (Å²) in [5, 5.41) is 26.6. The number of amides is 2. The van der Waals surface area contributed by atoms with Crippen molar-refractivity contribution < 1.29 is 14.5 Å². The third-order valence-electron chi connectivity index (χ3n) is 7.25. The number of para-hydroxylation sites is 2. The van der Waals surface area contributed by atoms with Gasteiger partial charge in [-0.1, -0.05) is 55.1 Å². The quantitative estimate of drug-likeness (QED) is 0.173. The second-order valence-electron chi connectivity index (χ2n) is 9.83. The van der Waals surface area contributed by atoms with Crippen LogP contribution >= 0.6 is 23.4 Å². The zero-order chi connectivity index (χ0) is 28.4. The normalized spacial score (nSPS) is 17.1. The number of benzene rings is 2. The molecule has 1 saturated carbocycles. The second kappa shape index (κ2) is 11.7. The van der Waals surface area contributed by atoms with Crippen molar-refractivity contribution in [1.82, 2.24) is 15.1 Å². The Labute approximate surface area is 240 Å². The first kappa shape index (κ1) is 27.7. The lowest BCUT2D eigenvalue weighted by Crippen LogP contribution is -2.37. The molecule has 1 aliphatic carbocycles. The van der Waals surface area contributed by atoms with E-state index in [2.05, 4.69) is 16.0 Å². The van der Waals surface area contributed by atoms with Gasteiger partial charge in [0, 0.05) is 22.8 Å². The molecule has 10 nitrogen and oxygen atoms in total. The molecular weight excluding hydrogens is 552 g/mol. The number of nitro benzene ring substituents is 1. The van der Waals surface area contributed by atoms with E-state index in [0.29, 0.717) is 38.3 Å². The topological polar surface area (TPSA) is 131 Å². The van der Waals surface area contributed by atoms with Crippen molar-refractivity contribution in [3.8, 4) is 0 Å². The fraction of sp³-hybridized carbons (Fsp3) is 0.321. The van der Waals surface area contributed by atoms with Gasteiger partial charge in [0.05, 0.1) is 10.5 Å². The number of fused-ring (bicyclic) bond motifs is 1. The Morgan fingerprint density at radius 3 is 2.48 bits per heavy atom. The van der Waals surface area contributed by atoms with Crippen LogP contribution in [0.2, 0.25) is 5.02 Å². The highest BCUT2D eigenvalue weighted by Gasteiger charge is 2.38. The van der Waals surface area contributed by atoms with Crippen LogP contribution in [0.25, 0.3) is 0 Å². The number of nitrogens with zero attached hydrogens (tertiary/aromatic N) is 3. The van der Waals surface area contributed by atoms with Crippen LogP contribution in [0.3, 0.4) is 0 Å². The summed E-state index contributed by atoms with van der Waals surface area (Å²) < 4.78 is 1.65. The smallest absolute Gasteiger partial charge is 0.292 e. The fourth-order valence-corrected chi connectivity index (χ4v) is 6.01. The zero-order valence-corrected chi connectivity index (χ0v) is 23.6. The van der Waals surface area contributed by atoms with Crippen molar-refractivity contribution in [3.63, 3.8) is 0 Å². The third-order valence-corrected chi connectivity index (χ3v) is 8.17. The molecule has 1 aromatic heterocycles. The minimum Gasteiger partial charge on any atom is -0.349 e. The maximum Gasteiger partial charge on any atom is 0.292 e. The summed E-state index contributed by atoms with van der Waals surface area (Å²) in [6.45, 7) is 1.75. The molecule has 0 bridgehead atoms. The SMILES string of the molecule is CSc1nn2c(c1C(=O)NC1CCCCC1)NC(C)=C(C(=O)Nc1ccccc1[N+](=O)[O-])C2c1ccc(Cl)cc1. The average Bonchev–Trinajstić information content (AvgIpc) is 3.31. The van der Waals surface area contributed by atoms with Gasteiger partial charge in [-0.15, -0.1) is 11.8 Å². The molecule has 0 saturated heterocycles. The number of hydrogen-bond acceptors (Lipinski definition) is 7. The van der Waals surface area contributed by atoms with Crippen molar-refractivity contribution in [3.05, 3.63) is 86.1 Å². The highest BCUT2D eigenvalue weighted by molar-refractivity contribution is 7.98.